The second kappa shape index (κ2) is 5.26. The molecule has 0 amide bonds. The molecule has 0 spiro atoms. The van der Waals surface area contributed by atoms with Crippen molar-refractivity contribution in [1.29, 1.82) is 0 Å². The third-order valence-corrected chi connectivity index (χ3v) is 6.71. The van der Waals surface area contributed by atoms with Crippen LogP contribution in [0.15, 0.2) is 0 Å². The van der Waals surface area contributed by atoms with Gasteiger partial charge in [0.1, 0.15) is 0 Å². The van der Waals surface area contributed by atoms with Crippen LogP contribution in [0.5, 0.6) is 0 Å². The molecule has 0 bridgehead atoms. The van der Waals surface area contributed by atoms with Gasteiger partial charge in [0.25, 0.3) is 0 Å². The van der Waals surface area contributed by atoms with E-state index < -0.39 is 7.51 Å². The van der Waals surface area contributed by atoms with Crippen LogP contribution in [-0.2, 0) is 0 Å². The van der Waals surface area contributed by atoms with Gasteiger partial charge in [-0.1, -0.05) is 4.17 Å². The molecule has 0 heterocycles. The molecule has 4 nitrogen and oxygen atoms in total. The first-order chi connectivity index (χ1) is 5.89. The highest BCUT2D eigenvalue weighted by atomic mass is 31.2. The van der Waals surface area contributed by atoms with E-state index in [0.29, 0.717) is 0 Å². The van der Waals surface area contributed by atoms with E-state index in [1.807, 2.05) is 0 Å². The zero-order valence-electron chi connectivity index (χ0n) is 9.68. The molecule has 78 valence electrons. The van der Waals surface area contributed by atoms with Crippen molar-refractivity contribution >= 4 is 15.9 Å². The molecule has 0 aliphatic rings. The van der Waals surface area contributed by atoms with E-state index >= 15 is 0 Å². The lowest BCUT2D eigenvalue weighted by molar-refractivity contribution is 0.474. The Kier molecular flexibility index (Phi) is 5.39. The van der Waals surface area contributed by atoms with Crippen LogP contribution in [0.25, 0.3) is 0 Å². The fourth-order valence-electron chi connectivity index (χ4n) is 1.43. The Bertz CT molecular complexity index is 212. The van der Waals surface area contributed by atoms with Crippen LogP contribution in [0.1, 0.15) is 0 Å². The predicted octanol–water partition coefficient (Wildman–Crippen LogP) is 1.44. The van der Waals surface area contributed by atoms with Gasteiger partial charge in [-0.2, -0.15) is 0 Å². The van der Waals surface area contributed by atoms with Gasteiger partial charge >= 0.3 is 15.9 Å². The maximum Gasteiger partial charge on any atom is 0.435 e. The highest BCUT2D eigenvalue weighted by molar-refractivity contribution is 7.60. The minimum atomic E-state index is -1.60. The molecule has 0 aromatic carbocycles. The van der Waals surface area contributed by atoms with Crippen molar-refractivity contribution in [2.24, 2.45) is 0 Å². The van der Waals surface area contributed by atoms with Crippen LogP contribution in [0.4, 0.5) is 0 Å². The summed E-state index contributed by atoms with van der Waals surface area (Å²) in [6, 6.07) is 0. The van der Waals surface area contributed by atoms with Gasteiger partial charge in [-0.3, -0.25) is 0 Å². The lowest BCUT2D eigenvalue weighted by atomic mass is 11.2. The summed E-state index contributed by atoms with van der Waals surface area (Å²) >= 11 is 0. The Morgan fingerprint density at radius 3 is 1.23 bits per heavy atom. The lowest BCUT2D eigenvalue weighted by Crippen LogP contribution is -2.31. The third-order valence-electron chi connectivity index (χ3n) is 1.82. The van der Waals surface area contributed by atoms with Crippen LogP contribution in [0.3, 0.4) is 0 Å². The van der Waals surface area contributed by atoms with E-state index in [1.165, 1.54) is 0 Å². The Morgan fingerprint density at radius 1 is 0.846 bits per heavy atom. The second-order valence-corrected chi connectivity index (χ2v) is 7.96. The highest BCUT2D eigenvalue weighted by Gasteiger charge is 2.39. The van der Waals surface area contributed by atoms with E-state index in [4.69, 9.17) is 4.17 Å². The molecular weight excluding hydrogens is 202 g/mol. The van der Waals surface area contributed by atoms with Crippen LogP contribution in [-0.4, -0.2) is 63.0 Å². The molecule has 6 heteroatoms. The average molecular weight is 223 g/mol. The van der Waals surface area contributed by atoms with E-state index in [1.54, 1.807) is 0 Å². The summed E-state index contributed by atoms with van der Waals surface area (Å²) in [5.41, 5.74) is 0. The molecule has 0 radical (unpaired) electrons. The van der Waals surface area contributed by atoms with Crippen molar-refractivity contribution in [3.63, 3.8) is 0 Å². The monoisotopic (exact) mass is 223 g/mol. The second-order valence-electron chi connectivity index (χ2n) is 3.37. The number of hydrogen-bond donors (Lipinski definition) is 0. The van der Waals surface area contributed by atoms with E-state index in [-0.39, 0.29) is 0 Å². The van der Waals surface area contributed by atoms with Crippen LogP contribution < -0.4 is 4.17 Å². The molecule has 0 aromatic rings. The van der Waals surface area contributed by atoms with E-state index in [9.17, 15) is 0 Å². The van der Waals surface area contributed by atoms with Crippen LogP contribution >= 0.6 is 15.9 Å². The average Bonchev–Trinajstić information content (AvgIpc) is 1.97. The topological polar surface area (TPSA) is 23.8 Å². The fraction of sp³-hybridized carbons (Fsp3) is 1.00. The SMILES string of the molecule is CP=[N+]=P(N(C)C)(N(C)C)N(C)C. The fourth-order valence-corrected chi connectivity index (χ4v) is 6.46. The summed E-state index contributed by atoms with van der Waals surface area (Å²) in [7, 11) is 12.0. The molecule has 0 unspecified atom stereocenters. The quantitative estimate of drug-likeness (QED) is 0.534. The smallest absolute Gasteiger partial charge is 0.202 e. The molecule has 0 saturated heterocycles. The van der Waals surface area contributed by atoms with Crippen molar-refractivity contribution in [3.8, 4) is 0 Å². The summed E-state index contributed by atoms with van der Waals surface area (Å²) < 4.78 is 11.4. The standard InChI is InChI=1S/C7H21N4P2/c1-9(2)13(8-12-7,10(3)4)11(5)6/h1-7H3/q+1. The van der Waals surface area contributed by atoms with E-state index in [2.05, 4.69) is 63.0 Å². The molecule has 0 N–H and O–H groups in total. The highest BCUT2D eigenvalue weighted by Crippen LogP contribution is 2.50. The first-order valence-corrected chi connectivity index (χ1v) is 7.02. The lowest BCUT2D eigenvalue weighted by Gasteiger charge is -2.29. The van der Waals surface area contributed by atoms with Gasteiger partial charge in [0.15, 0.2) is 0 Å². The Balaban J connectivity index is 5.49. The Morgan fingerprint density at radius 2 is 1.15 bits per heavy atom. The predicted molar refractivity (Wildman–Crippen MR) is 63.0 cm³/mol. The maximum atomic E-state index is 4.72. The molecule has 0 aliphatic heterocycles. The Labute approximate surface area is 83.6 Å². The summed E-state index contributed by atoms with van der Waals surface area (Å²) in [5.74, 6) is 0. The minimum Gasteiger partial charge on any atom is -0.202 e. The van der Waals surface area contributed by atoms with Crippen molar-refractivity contribution in [3.05, 3.63) is 0 Å². The van der Waals surface area contributed by atoms with Crippen LogP contribution in [0, 0.1) is 0 Å². The summed E-state index contributed by atoms with van der Waals surface area (Å²) in [6.07, 6.45) is 0. The first kappa shape index (κ1) is 13.3. The number of rotatable bonds is 3. The largest absolute Gasteiger partial charge is 0.435 e. The van der Waals surface area contributed by atoms with Crippen molar-refractivity contribution < 1.29 is 0 Å². The summed E-state index contributed by atoms with van der Waals surface area (Å²) in [5, 5.41) is 0. The van der Waals surface area contributed by atoms with Gasteiger partial charge in [0.2, 0.25) is 0 Å². The molecule has 0 atom stereocenters. The molecular formula is C7H21N4P2+. The molecule has 0 fully saturated rings. The third kappa shape index (κ3) is 2.63. The number of hydrogen-bond acceptors (Lipinski definition) is 0. The normalized spacial score (nSPS) is 13.1. The molecule has 0 saturated carbocycles. The van der Waals surface area contributed by atoms with Gasteiger partial charge in [0, 0.05) is 0 Å². The minimum absolute atomic E-state index is 1.09. The van der Waals surface area contributed by atoms with Crippen LogP contribution in [0.2, 0.25) is 0 Å². The van der Waals surface area contributed by atoms with Gasteiger partial charge in [0.05, 0.1) is 6.66 Å². The zero-order chi connectivity index (χ0) is 10.6. The number of nitrogens with zero attached hydrogens (tertiary/aromatic N) is 4. The van der Waals surface area contributed by atoms with Gasteiger partial charge in [-0.05, 0) is 42.3 Å². The van der Waals surface area contributed by atoms with Gasteiger partial charge in [-0.25, -0.2) is 14.0 Å². The van der Waals surface area contributed by atoms with Gasteiger partial charge in [-0.15, -0.1) is 0 Å². The van der Waals surface area contributed by atoms with Crippen molar-refractivity contribution in [2.45, 2.75) is 0 Å². The molecule has 0 aliphatic carbocycles. The first-order valence-electron chi connectivity index (χ1n) is 4.13. The molecule has 0 aromatic heterocycles. The van der Waals surface area contributed by atoms with Gasteiger partial charge < -0.3 is 0 Å². The Hall–Kier alpha value is 0.320. The summed E-state index contributed by atoms with van der Waals surface area (Å²) in [6.45, 7) is 2.06. The van der Waals surface area contributed by atoms with E-state index in [0.717, 1.165) is 8.37 Å². The van der Waals surface area contributed by atoms with Crippen molar-refractivity contribution in [2.75, 3.05) is 49.0 Å². The zero-order valence-corrected chi connectivity index (χ0v) is 11.5. The summed E-state index contributed by atoms with van der Waals surface area (Å²) in [4.78, 5) is 0. The van der Waals surface area contributed by atoms with Crippen molar-refractivity contribution in [1.82, 2.24) is 18.2 Å². The maximum absolute atomic E-state index is 4.72. The molecule has 13 heavy (non-hydrogen) atoms. The molecule has 0 rings (SSSR count).